The molecule has 1 aromatic heterocycles. The molecular weight excluding hydrogens is 324 g/mol. The largest absolute Gasteiger partial charge is 0.465 e. The van der Waals surface area contributed by atoms with Gasteiger partial charge in [-0.3, -0.25) is 9.78 Å². The predicted molar refractivity (Wildman–Crippen MR) is 86.3 cm³/mol. The van der Waals surface area contributed by atoms with Gasteiger partial charge in [-0.2, -0.15) is 4.57 Å². The van der Waals surface area contributed by atoms with E-state index in [2.05, 4.69) is 14.5 Å². The molecule has 0 fully saturated rings. The zero-order chi connectivity index (χ0) is 18.2. The Kier molecular flexibility index (Phi) is 6.11. The average molecular weight is 341 g/mol. The highest BCUT2D eigenvalue weighted by molar-refractivity contribution is 6.22. The highest BCUT2D eigenvalue weighted by Crippen LogP contribution is 2.16. The number of aromatic nitrogens is 2. The molecule has 0 atom stereocenters. The van der Waals surface area contributed by atoms with Gasteiger partial charge in [0.15, 0.2) is 30.3 Å². The van der Waals surface area contributed by atoms with Gasteiger partial charge in [0.1, 0.15) is 0 Å². The van der Waals surface area contributed by atoms with Crippen molar-refractivity contribution >= 4 is 17.7 Å². The second-order valence-corrected chi connectivity index (χ2v) is 4.95. The third-order valence-corrected chi connectivity index (χ3v) is 3.42. The minimum Gasteiger partial charge on any atom is -0.465 e. The molecule has 0 bridgehead atoms. The number of benzene rings is 1. The fourth-order valence-electron chi connectivity index (χ4n) is 2.20. The van der Waals surface area contributed by atoms with Crippen molar-refractivity contribution in [1.29, 1.82) is 0 Å². The first kappa shape index (κ1) is 18.0. The number of rotatable bonds is 6. The van der Waals surface area contributed by atoms with Crippen LogP contribution in [0, 0.1) is 0 Å². The lowest BCUT2D eigenvalue weighted by Gasteiger charge is -2.10. The fourth-order valence-corrected chi connectivity index (χ4v) is 2.20. The maximum absolute atomic E-state index is 12.9. The van der Waals surface area contributed by atoms with Crippen LogP contribution in [0.4, 0.5) is 0 Å². The molecule has 2 aromatic rings. The molecule has 7 nitrogen and oxygen atoms in total. The SMILES string of the molecule is COC(=O)C(C(=O)OC)=C(C[n+]1ccncc1)C(=O)c1ccccc1. The summed E-state index contributed by atoms with van der Waals surface area (Å²) in [5, 5.41) is 0. The molecular formula is C18H17N2O5+. The lowest BCUT2D eigenvalue weighted by atomic mass is 9.98. The van der Waals surface area contributed by atoms with Gasteiger partial charge in [-0.05, 0) is 0 Å². The summed E-state index contributed by atoms with van der Waals surface area (Å²) >= 11 is 0. The minimum absolute atomic E-state index is 0.0181. The van der Waals surface area contributed by atoms with Gasteiger partial charge in [-0.15, -0.1) is 0 Å². The van der Waals surface area contributed by atoms with Crippen molar-refractivity contribution in [3.05, 3.63) is 71.8 Å². The quantitative estimate of drug-likeness (QED) is 0.194. The number of carbonyl (C=O) groups excluding carboxylic acids is 3. The first-order valence-electron chi connectivity index (χ1n) is 7.37. The highest BCUT2D eigenvalue weighted by Gasteiger charge is 2.31. The van der Waals surface area contributed by atoms with Crippen LogP contribution in [0.2, 0.25) is 0 Å². The van der Waals surface area contributed by atoms with Gasteiger partial charge in [0, 0.05) is 5.56 Å². The number of ether oxygens (including phenoxy) is 2. The van der Waals surface area contributed by atoms with E-state index in [0.717, 1.165) is 14.2 Å². The standard InChI is InChI=1S/C18H17N2O5/c1-24-17(22)15(18(23)25-2)14(12-20-10-8-19-9-11-20)16(21)13-6-4-3-5-7-13/h3-11H,12H2,1-2H3/q+1. The lowest BCUT2D eigenvalue weighted by molar-refractivity contribution is -0.688. The predicted octanol–water partition coefficient (Wildman–Crippen LogP) is 0.895. The van der Waals surface area contributed by atoms with E-state index in [1.807, 2.05) is 0 Å². The molecule has 0 amide bonds. The monoisotopic (exact) mass is 341 g/mol. The maximum atomic E-state index is 12.9. The van der Waals surface area contributed by atoms with Gasteiger partial charge in [0.25, 0.3) is 0 Å². The Morgan fingerprint density at radius 3 is 2.04 bits per heavy atom. The third-order valence-electron chi connectivity index (χ3n) is 3.42. The molecule has 0 radical (unpaired) electrons. The summed E-state index contributed by atoms with van der Waals surface area (Å²) in [5.74, 6) is -2.32. The molecule has 0 saturated heterocycles. The summed E-state index contributed by atoms with van der Waals surface area (Å²) in [6.07, 6.45) is 6.29. The van der Waals surface area contributed by atoms with E-state index in [1.165, 1.54) is 12.4 Å². The number of carbonyl (C=O) groups is 3. The zero-order valence-electron chi connectivity index (χ0n) is 13.8. The van der Waals surface area contributed by atoms with Gasteiger partial charge in [0.2, 0.25) is 0 Å². The summed E-state index contributed by atoms with van der Waals surface area (Å²) in [7, 11) is 2.27. The van der Waals surface area contributed by atoms with Crippen LogP contribution in [0.25, 0.3) is 0 Å². The maximum Gasteiger partial charge on any atom is 0.345 e. The van der Waals surface area contributed by atoms with Crippen molar-refractivity contribution in [2.24, 2.45) is 0 Å². The van der Waals surface area contributed by atoms with E-state index in [1.54, 1.807) is 47.3 Å². The summed E-state index contributed by atoms with van der Waals surface area (Å²) in [5.41, 5.74) is -0.110. The van der Waals surface area contributed by atoms with Crippen LogP contribution >= 0.6 is 0 Å². The number of allylic oxidation sites excluding steroid dienone is 1. The van der Waals surface area contributed by atoms with E-state index < -0.39 is 23.3 Å². The number of ketones is 1. The Balaban J connectivity index is 2.60. The molecule has 0 N–H and O–H groups in total. The van der Waals surface area contributed by atoms with E-state index in [9.17, 15) is 14.4 Å². The molecule has 1 aromatic carbocycles. The van der Waals surface area contributed by atoms with Crippen LogP contribution in [-0.4, -0.2) is 36.9 Å². The van der Waals surface area contributed by atoms with Crippen LogP contribution in [0.1, 0.15) is 10.4 Å². The van der Waals surface area contributed by atoms with E-state index >= 15 is 0 Å². The van der Waals surface area contributed by atoms with Crippen LogP contribution < -0.4 is 4.57 Å². The van der Waals surface area contributed by atoms with E-state index in [4.69, 9.17) is 0 Å². The second-order valence-electron chi connectivity index (χ2n) is 4.95. The van der Waals surface area contributed by atoms with Crippen molar-refractivity contribution in [2.75, 3.05) is 14.2 Å². The molecule has 0 aliphatic heterocycles. The van der Waals surface area contributed by atoms with Gasteiger partial charge in [-0.25, -0.2) is 9.59 Å². The van der Waals surface area contributed by atoms with E-state index in [0.29, 0.717) is 5.56 Å². The molecule has 0 aliphatic carbocycles. The van der Waals surface area contributed by atoms with Crippen LogP contribution in [0.15, 0.2) is 66.3 Å². The first-order valence-corrected chi connectivity index (χ1v) is 7.37. The smallest absolute Gasteiger partial charge is 0.345 e. The molecule has 25 heavy (non-hydrogen) atoms. The zero-order valence-corrected chi connectivity index (χ0v) is 13.8. The summed E-state index contributed by atoms with van der Waals surface area (Å²) in [6.45, 7) is -0.0181. The van der Waals surface area contributed by atoms with Gasteiger partial charge in [0.05, 0.1) is 32.2 Å². The Morgan fingerprint density at radius 1 is 0.960 bits per heavy atom. The van der Waals surface area contributed by atoms with Crippen molar-refractivity contribution in [3.8, 4) is 0 Å². The Hall–Kier alpha value is -3.35. The number of hydrogen-bond donors (Lipinski definition) is 0. The summed E-state index contributed by atoms with van der Waals surface area (Å²) < 4.78 is 11.0. The van der Waals surface area contributed by atoms with Crippen LogP contribution in [-0.2, 0) is 25.6 Å². The Labute approximate surface area is 144 Å². The molecule has 0 spiro atoms. The summed E-state index contributed by atoms with van der Waals surface area (Å²) in [6, 6.07) is 8.36. The number of esters is 2. The minimum atomic E-state index is -0.930. The topological polar surface area (TPSA) is 86.4 Å². The van der Waals surface area contributed by atoms with Gasteiger partial charge < -0.3 is 9.47 Å². The van der Waals surface area contributed by atoms with Crippen LogP contribution in [0.3, 0.4) is 0 Å². The van der Waals surface area contributed by atoms with Crippen molar-refractivity contribution < 1.29 is 28.4 Å². The second kappa shape index (κ2) is 8.49. The van der Waals surface area contributed by atoms with Gasteiger partial charge in [-0.1, -0.05) is 30.3 Å². The lowest BCUT2D eigenvalue weighted by Crippen LogP contribution is -2.37. The Morgan fingerprint density at radius 2 is 1.52 bits per heavy atom. The average Bonchev–Trinajstić information content (AvgIpc) is 2.67. The van der Waals surface area contributed by atoms with Gasteiger partial charge >= 0.3 is 11.9 Å². The van der Waals surface area contributed by atoms with Crippen LogP contribution in [0.5, 0.6) is 0 Å². The molecule has 0 saturated carbocycles. The molecule has 1 heterocycles. The molecule has 128 valence electrons. The number of hydrogen-bond acceptors (Lipinski definition) is 6. The van der Waals surface area contributed by atoms with E-state index in [-0.39, 0.29) is 12.1 Å². The van der Waals surface area contributed by atoms with Crippen molar-refractivity contribution in [1.82, 2.24) is 4.98 Å². The molecule has 7 heteroatoms. The molecule has 0 unspecified atom stereocenters. The first-order chi connectivity index (χ1) is 12.1. The molecule has 0 aliphatic rings. The normalized spacial score (nSPS) is 9.84. The number of nitrogens with zero attached hydrogens (tertiary/aromatic N) is 2. The fraction of sp³-hybridized carbons (Fsp3) is 0.167. The van der Waals surface area contributed by atoms with Crippen molar-refractivity contribution in [2.45, 2.75) is 6.54 Å². The molecule has 2 rings (SSSR count). The summed E-state index contributed by atoms with van der Waals surface area (Å²) in [4.78, 5) is 41.1. The number of methoxy groups -OCH3 is 2. The number of Topliss-reactive ketones (excluding diaryl/α,β-unsaturated/α-hetero) is 1. The highest BCUT2D eigenvalue weighted by atomic mass is 16.5. The Bertz CT molecular complexity index is 783. The van der Waals surface area contributed by atoms with Crippen molar-refractivity contribution in [3.63, 3.8) is 0 Å². The third kappa shape index (κ3) is 4.35.